The lowest BCUT2D eigenvalue weighted by molar-refractivity contribution is -0.120. The van der Waals surface area contributed by atoms with Crippen LogP contribution >= 0.6 is 0 Å². The second kappa shape index (κ2) is 6.79. The minimum atomic E-state index is -0.205. The van der Waals surface area contributed by atoms with Crippen molar-refractivity contribution in [2.75, 3.05) is 6.54 Å². The smallest absolute Gasteiger partial charge is 0.226 e. The van der Waals surface area contributed by atoms with Gasteiger partial charge >= 0.3 is 0 Å². The van der Waals surface area contributed by atoms with Crippen molar-refractivity contribution in [3.05, 3.63) is 47.0 Å². The van der Waals surface area contributed by atoms with Gasteiger partial charge < -0.3 is 5.32 Å². The largest absolute Gasteiger partial charge is 0.356 e. The minimum absolute atomic E-state index is 0.141. The maximum absolute atomic E-state index is 13.4. The van der Waals surface area contributed by atoms with Crippen LogP contribution in [0.1, 0.15) is 23.4 Å². The summed E-state index contributed by atoms with van der Waals surface area (Å²) in [7, 11) is 0. The van der Waals surface area contributed by atoms with Gasteiger partial charge in [-0.1, -0.05) is 28.5 Å². The van der Waals surface area contributed by atoms with Crippen LogP contribution in [0.25, 0.3) is 0 Å². The zero-order chi connectivity index (χ0) is 14.4. The van der Waals surface area contributed by atoms with Crippen LogP contribution in [0.2, 0.25) is 0 Å². The lowest BCUT2D eigenvalue weighted by atomic mass is 10.1. The number of benzene rings is 1. The molecule has 2 aromatic rings. The molecule has 6 heteroatoms. The van der Waals surface area contributed by atoms with E-state index >= 15 is 0 Å². The highest BCUT2D eigenvalue weighted by Crippen LogP contribution is 2.08. The molecule has 0 atom stereocenters. The van der Waals surface area contributed by atoms with Crippen molar-refractivity contribution in [2.24, 2.45) is 0 Å². The average Bonchev–Trinajstić information content (AvgIpc) is 2.82. The molecular formula is C14H16FN3O2. The third-order valence-corrected chi connectivity index (χ3v) is 2.98. The van der Waals surface area contributed by atoms with Gasteiger partial charge in [0, 0.05) is 6.54 Å². The third kappa shape index (κ3) is 3.88. The number of halogens is 1. The second-order valence-corrected chi connectivity index (χ2v) is 4.52. The number of rotatable bonds is 6. The summed E-state index contributed by atoms with van der Waals surface area (Å²) in [5, 5.41) is 10.0. The van der Waals surface area contributed by atoms with Gasteiger partial charge in [-0.2, -0.15) is 0 Å². The number of carbonyl (C=O) groups excluding carboxylic acids is 1. The zero-order valence-electron chi connectivity index (χ0n) is 11.2. The van der Waals surface area contributed by atoms with Gasteiger partial charge in [-0.3, -0.25) is 4.79 Å². The summed E-state index contributed by atoms with van der Waals surface area (Å²) in [5.41, 5.74) is 1.82. The van der Waals surface area contributed by atoms with E-state index in [-0.39, 0.29) is 18.1 Å². The van der Waals surface area contributed by atoms with E-state index in [0.717, 1.165) is 0 Å². The van der Waals surface area contributed by atoms with Crippen LogP contribution in [0.3, 0.4) is 0 Å². The number of amides is 1. The van der Waals surface area contributed by atoms with E-state index in [9.17, 15) is 9.18 Å². The summed E-state index contributed by atoms with van der Waals surface area (Å²) in [6, 6.07) is 6.65. The van der Waals surface area contributed by atoms with Crippen LogP contribution in [-0.2, 0) is 17.6 Å². The number of nitrogens with zero attached hydrogens (tertiary/aromatic N) is 2. The fourth-order valence-corrected chi connectivity index (χ4v) is 1.83. The van der Waals surface area contributed by atoms with E-state index in [0.29, 0.717) is 36.3 Å². The highest BCUT2D eigenvalue weighted by Gasteiger charge is 2.10. The van der Waals surface area contributed by atoms with E-state index in [1.54, 1.807) is 25.1 Å². The molecule has 1 heterocycles. The fraction of sp³-hybridized carbons (Fsp3) is 0.357. The Labute approximate surface area is 116 Å². The molecule has 5 nitrogen and oxygen atoms in total. The number of nitrogens with one attached hydrogen (secondary N) is 1. The van der Waals surface area contributed by atoms with E-state index in [4.69, 9.17) is 0 Å². The molecule has 0 saturated heterocycles. The van der Waals surface area contributed by atoms with Crippen LogP contribution < -0.4 is 5.32 Å². The highest BCUT2D eigenvalue weighted by atomic mass is 19.1. The van der Waals surface area contributed by atoms with E-state index < -0.39 is 0 Å². The predicted octanol–water partition coefficient (Wildman–Crippen LogP) is 1.81. The Hall–Kier alpha value is -2.24. The summed E-state index contributed by atoms with van der Waals surface area (Å²) in [6.07, 6.45) is 1.43. The Morgan fingerprint density at radius 2 is 2.15 bits per heavy atom. The van der Waals surface area contributed by atoms with Crippen molar-refractivity contribution < 1.29 is 13.8 Å². The van der Waals surface area contributed by atoms with Gasteiger partial charge in [-0.25, -0.2) is 9.02 Å². The first-order chi connectivity index (χ1) is 9.66. The topological polar surface area (TPSA) is 68.0 Å². The monoisotopic (exact) mass is 277 g/mol. The molecule has 1 amide bonds. The molecule has 0 bridgehead atoms. The van der Waals surface area contributed by atoms with Crippen molar-refractivity contribution in [2.45, 2.75) is 26.2 Å². The Balaban J connectivity index is 1.70. The van der Waals surface area contributed by atoms with Crippen molar-refractivity contribution in [1.82, 2.24) is 15.6 Å². The zero-order valence-corrected chi connectivity index (χ0v) is 11.2. The number of aromatic nitrogens is 2. The Morgan fingerprint density at radius 1 is 1.35 bits per heavy atom. The first-order valence-corrected chi connectivity index (χ1v) is 6.45. The van der Waals surface area contributed by atoms with Crippen LogP contribution in [0, 0.1) is 12.7 Å². The molecule has 0 aliphatic rings. The quantitative estimate of drug-likeness (QED) is 0.818. The second-order valence-electron chi connectivity index (χ2n) is 4.52. The Kier molecular flexibility index (Phi) is 4.81. The molecule has 0 fully saturated rings. The van der Waals surface area contributed by atoms with E-state index in [1.165, 1.54) is 6.07 Å². The van der Waals surface area contributed by atoms with Crippen LogP contribution in [0.15, 0.2) is 28.9 Å². The number of carbonyl (C=O) groups is 1. The number of hydrogen-bond donors (Lipinski definition) is 1. The van der Waals surface area contributed by atoms with Gasteiger partial charge in [0.15, 0.2) is 0 Å². The van der Waals surface area contributed by atoms with Gasteiger partial charge in [-0.15, -0.1) is 0 Å². The molecule has 0 saturated carbocycles. The molecule has 106 valence electrons. The van der Waals surface area contributed by atoms with E-state index in [1.807, 2.05) is 0 Å². The Bertz CT molecular complexity index is 583. The van der Waals surface area contributed by atoms with Crippen LogP contribution in [0.4, 0.5) is 4.39 Å². The first kappa shape index (κ1) is 14.2. The molecule has 1 aromatic heterocycles. The lowest BCUT2D eigenvalue weighted by Crippen LogP contribution is -2.26. The molecule has 2 rings (SSSR count). The number of hydrogen-bond acceptors (Lipinski definition) is 4. The average molecular weight is 277 g/mol. The summed E-state index contributed by atoms with van der Waals surface area (Å²) >= 11 is 0. The maximum atomic E-state index is 13.4. The minimum Gasteiger partial charge on any atom is -0.356 e. The SMILES string of the molecule is Cc1nonc1CC(=O)NCCCc1ccccc1F. The van der Waals surface area contributed by atoms with E-state index in [2.05, 4.69) is 20.3 Å². The molecule has 20 heavy (non-hydrogen) atoms. The van der Waals surface area contributed by atoms with Crippen LogP contribution in [-0.4, -0.2) is 22.8 Å². The lowest BCUT2D eigenvalue weighted by Gasteiger charge is -2.05. The normalized spacial score (nSPS) is 10.5. The van der Waals surface area contributed by atoms with Crippen molar-refractivity contribution in [1.29, 1.82) is 0 Å². The van der Waals surface area contributed by atoms with Gasteiger partial charge in [0.25, 0.3) is 0 Å². The standard InChI is InChI=1S/C14H16FN3O2/c1-10-13(18-20-17-10)9-14(19)16-8-4-6-11-5-2-3-7-12(11)15/h2-3,5,7H,4,6,8-9H2,1H3,(H,16,19). The molecule has 0 aliphatic heterocycles. The summed E-state index contributed by atoms with van der Waals surface area (Å²) < 4.78 is 17.9. The third-order valence-electron chi connectivity index (χ3n) is 2.98. The predicted molar refractivity (Wildman–Crippen MR) is 70.5 cm³/mol. The van der Waals surface area contributed by atoms with Gasteiger partial charge in [0.1, 0.15) is 17.2 Å². The molecule has 0 radical (unpaired) electrons. The summed E-state index contributed by atoms with van der Waals surface area (Å²) in [5.74, 6) is -0.347. The van der Waals surface area contributed by atoms with Crippen molar-refractivity contribution in [3.8, 4) is 0 Å². The Morgan fingerprint density at radius 3 is 2.85 bits per heavy atom. The van der Waals surface area contributed by atoms with Crippen LogP contribution in [0.5, 0.6) is 0 Å². The fourth-order valence-electron chi connectivity index (χ4n) is 1.83. The summed E-state index contributed by atoms with van der Waals surface area (Å²) in [6.45, 7) is 2.23. The van der Waals surface area contributed by atoms with Crippen molar-refractivity contribution in [3.63, 3.8) is 0 Å². The number of aryl methyl sites for hydroxylation is 2. The molecular weight excluding hydrogens is 261 g/mol. The molecule has 0 spiro atoms. The van der Waals surface area contributed by atoms with Gasteiger partial charge in [-0.05, 0) is 31.4 Å². The van der Waals surface area contributed by atoms with Crippen molar-refractivity contribution >= 4 is 5.91 Å². The molecule has 1 N–H and O–H groups in total. The summed E-state index contributed by atoms with van der Waals surface area (Å²) in [4.78, 5) is 11.6. The first-order valence-electron chi connectivity index (χ1n) is 6.45. The molecule has 0 aliphatic carbocycles. The maximum Gasteiger partial charge on any atom is 0.226 e. The molecule has 0 unspecified atom stereocenters. The van der Waals surface area contributed by atoms with Gasteiger partial charge in [0.2, 0.25) is 5.91 Å². The molecule has 1 aromatic carbocycles. The van der Waals surface area contributed by atoms with Gasteiger partial charge in [0.05, 0.1) is 6.42 Å². The highest BCUT2D eigenvalue weighted by molar-refractivity contribution is 5.78.